The van der Waals surface area contributed by atoms with E-state index in [1.54, 1.807) is 31.2 Å². The lowest BCUT2D eigenvalue weighted by atomic mass is 10.0. The molecule has 0 unspecified atom stereocenters. The number of hydrogen-bond acceptors (Lipinski definition) is 5. The Morgan fingerprint density at radius 1 is 0.920 bits per heavy atom. The minimum absolute atomic E-state index is 0.108. The van der Waals surface area contributed by atoms with Crippen molar-refractivity contribution in [3.63, 3.8) is 0 Å². The van der Waals surface area contributed by atoms with Crippen molar-refractivity contribution in [2.75, 3.05) is 13.2 Å². The summed E-state index contributed by atoms with van der Waals surface area (Å²) in [6.45, 7) is 4.43. The summed E-state index contributed by atoms with van der Waals surface area (Å²) < 4.78 is 10.3. The number of esters is 1. The maximum absolute atomic E-state index is 12.3. The van der Waals surface area contributed by atoms with Gasteiger partial charge in [0.15, 0.2) is 5.78 Å². The summed E-state index contributed by atoms with van der Waals surface area (Å²) in [5, 5.41) is 0. The zero-order valence-electron chi connectivity index (χ0n) is 15.2. The van der Waals surface area contributed by atoms with Crippen molar-refractivity contribution < 1.29 is 23.9 Å². The standard InChI is InChI=1S/C20H28O5/c1-3-5-6-7-8-11-14-25-19-13-10-9-12-16(19)17(21)15-18(22)20(23)24-4-2/h9-10,12-13H,3-8,11,14-15H2,1-2H3. The van der Waals surface area contributed by atoms with E-state index in [1.807, 2.05) is 0 Å². The van der Waals surface area contributed by atoms with Crippen LogP contribution in [0.4, 0.5) is 0 Å². The number of para-hydroxylation sites is 1. The van der Waals surface area contributed by atoms with E-state index >= 15 is 0 Å². The molecule has 25 heavy (non-hydrogen) atoms. The van der Waals surface area contributed by atoms with Crippen molar-refractivity contribution >= 4 is 17.5 Å². The van der Waals surface area contributed by atoms with Gasteiger partial charge in [0.2, 0.25) is 5.78 Å². The largest absolute Gasteiger partial charge is 0.493 e. The molecule has 0 atom stereocenters. The number of hydrogen-bond donors (Lipinski definition) is 0. The summed E-state index contributed by atoms with van der Waals surface area (Å²) >= 11 is 0. The van der Waals surface area contributed by atoms with Gasteiger partial charge in [-0.2, -0.15) is 0 Å². The summed E-state index contributed by atoms with van der Waals surface area (Å²) in [7, 11) is 0. The average Bonchev–Trinajstić information content (AvgIpc) is 2.61. The lowest BCUT2D eigenvalue weighted by Crippen LogP contribution is -2.21. The van der Waals surface area contributed by atoms with Crippen LogP contribution in [0, 0.1) is 0 Å². The molecular formula is C20H28O5. The smallest absolute Gasteiger partial charge is 0.375 e. The normalized spacial score (nSPS) is 10.3. The summed E-state index contributed by atoms with van der Waals surface area (Å²) in [4.78, 5) is 35.3. The van der Waals surface area contributed by atoms with Gasteiger partial charge in [0.25, 0.3) is 0 Å². The van der Waals surface area contributed by atoms with Crippen LogP contribution < -0.4 is 4.74 Å². The fourth-order valence-corrected chi connectivity index (χ4v) is 2.41. The predicted octanol–water partition coefficient (Wildman–Crippen LogP) is 4.13. The monoisotopic (exact) mass is 348 g/mol. The molecule has 1 aromatic carbocycles. The quantitative estimate of drug-likeness (QED) is 0.176. The zero-order chi connectivity index (χ0) is 18.5. The Labute approximate surface area is 149 Å². The first-order chi connectivity index (χ1) is 12.1. The highest BCUT2D eigenvalue weighted by Crippen LogP contribution is 2.20. The van der Waals surface area contributed by atoms with Crippen molar-refractivity contribution in [3.05, 3.63) is 29.8 Å². The summed E-state index contributed by atoms with van der Waals surface area (Å²) in [6, 6.07) is 6.80. The van der Waals surface area contributed by atoms with Crippen LogP contribution in [0.5, 0.6) is 5.75 Å². The van der Waals surface area contributed by atoms with Crippen LogP contribution in [0.2, 0.25) is 0 Å². The highest BCUT2D eigenvalue weighted by molar-refractivity contribution is 6.38. The lowest BCUT2D eigenvalue weighted by molar-refractivity contribution is -0.153. The number of Topliss-reactive ketones (excluding diaryl/α,β-unsaturated/α-hetero) is 2. The van der Waals surface area contributed by atoms with Gasteiger partial charge in [-0.05, 0) is 25.5 Å². The average molecular weight is 348 g/mol. The van der Waals surface area contributed by atoms with Gasteiger partial charge in [0.05, 0.1) is 25.2 Å². The Bertz CT molecular complexity index is 565. The van der Waals surface area contributed by atoms with E-state index in [2.05, 4.69) is 11.7 Å². The summed E-state index contributed by atoms with van der Waals surface area (Å²) in [5.74, 6) is -1.78. The molecule has 138 valence electrons. The van der Waals surface area contributed by atoms with Gasteiger partial charge >= 0.3 is 5.97 Å². The maximum Gasteiger partial charge on any atom is 0.375 e. The molecule has 0 N–H and O–H groups in total. The fourth-order valence-electron chi connectivity index (χ4n) is 2.41. The second kappa shape index (κ2) is 12.2. The fraction of sp³-hybridized carbons (Fsp3) is 0.550. The van der Waals surface area contributed by atoms with Crippen LogP contribution in [0.1, 0.15) is 69.2 Å². The topological polar surface area (TPSA) is 69.7 Å². The van der Waals surface area contributed by atoms with Gasteiger partial charge in [-0.3, -0.25) is 9.59 Å². The van der Waals surface area contributed by atoms with Crippen LogP contribution in [0.3, 0.4) is 0 Å². The van der Waals surface area contributed by atoms with Crippen LogP contribution >= 0.6 is 0 Å². The number of unbranched alkanes of at least 4 members (excludes halogenated alkanes) is 5. The van der Waals surface area contributed by atoms with E-state index in [1.165, 1.54) is 25.7 Å². The molecule has 0 spiro atoms. The Morgan fingerprint density at radius 3 is 2.32 bits per heavy atom. The molecule has 0 bridgehead atoms. The molecule has 0 aliphatic heterocycles. The number of ketones is 2. The molecule has 0 radical (unpaired) electrons. The molecule has 0 aliphatic carbocycles. The third-order valence-corrected chi connectivity index (χ3v) is 3.77. The minimum Gasteiger partial charge on any atom is -0.493 e. The first-order valence-electron chi connectivity index (χ1n) is 9.05. The molecule has 1 rings (SSSR count). The van der Waals surface area contributed by atoms with E-state index < -0.39 is 24.0 Å². The number of carbonyl (C=O) groups is 3. The molecule has 0 heterocycles. The van der Waals surface area contributed by atoms with E-state index in [0.29, 0.717) is 17.9 Å². The number of benzene rings is 1. The van der Waals surface area contributed by atoms with E-state index in [9.17, 15) is 14.4 Å². The van der Waals surface area contributed by atoms with Gasteiger partial charge < -0.3 is 9.47 Å². The highest BCUT2D eigenvalue weighted by Gasteiger charge is 2.21. The van der Waals surface area contributed by atoms with Gasteiger partial charge in [-0.25, -0.2) is 4.79 Å². The molecule has 0 aliphatic rings. The molecule has 0 saturated carbocycles. The Balaban J connectivity index is 2.51. The van der Waals surface area contributed by atoms with Crippen molar-refractivity contribution in [2.24, 2.45) is 0 Å². The molecule has 5 nitrogen and oxygen atoms in total. The van der Waals surface area contributed by atoms with Crippen LogP contribution in [-0.4, -0.2) is 30.7 Å². The number of rotatable bonds is 13. The first-order valence-corrected chi connectivity index (χ1v) is 9.05. The summed E-state index contributed by atoms with van der Waals surface area (Å²) in [6.07, 6.45) is 6.41. The lowest BCUT2D eigenvalue weighted by Gasteiger charge is -2.10. The van der Waals surface area contributed by atoms with E-state index in [0.717, 1.165) is 12.8 Å². The molecule has 0 fully saturated rings. The van der Waals surface area contributed by atoms with Gasteiger partial charge in [-0.15, -0.1) is 0 Å². The third-order valence-electron chi connectivity index (χ3n) is 3.77. The molecule has 0 aromatic heterocycles. The Morgan fingerprint density at radius 2 is 1.60 bits per heavy atom. The van der Waals surface area contributed by atoms with E-state index in [-0.39, 0.29) is 6.61 Å². The first kappa shape index (κ1) is 20.9. The summed E-state index contributed by atoms with van der Waals surface area (Å²) in [5.41, 5.74) is 0.325. The third kappa shape index (κ3) is 7.96. The second-order valence-electron chi connectivity index (χ2n) is 5.86. The molecule has 0 amide bonds. The van der Waals surface area contributed by atoms with Crippen molar-refractivity contribution in [1.29, 1.82) is 0 Å². The zero-order valence-corrected chi connectivity index (χ0v) is 15.2. The molecule has 5 heteroatoms. The predicted molar refractivity (Wildman–Crippen MR) is 95.9 cm³/mol. The number of ether oxygens (including phenoxy) is 2. The van der Waals surface area contributed by atoms with Crippen LogP contribution in [-0.2, 0) is 14.3 Å². The van der Waals surface area contributed by atoms with Crippen molar-refractivity contribution in [1.82, 2.24) is 0 Å². The van der Waals surface area contributed by atoms with Crippen molar-refractivity contribution in [3.8, 4) is 5.75 Å². The number of carbonyl (C=O) groups excluding carboxylic acids is 3. The van der Waals surface area contributed by atoms with Crippen molar-refractivity contribution in [2.45, 2.75) is 58.8 Å². The SMILES string of the molecule is CCCCCCCCOc1ccccc1C(=O)CC(=O)C(=O)OCC. The minimum atomic E-state index is -0.971. The van der Waals surface area contributed by atoms with Gasteiger partial charge in [0.1, 0.15) is 5.75 Å². The molecule has 0 saturated heterocycles. The molecule has 1 aromatic rings. The maximum atomic E-state index is 12.3. The van der Waals surface area contributed by atoms with Crippen LogP contribution in [0.15, 0.2) is 24.3 Å². The van der Waals surface area contributed by atoms with E-state index in [4.69, 9.17) is 4.74 Å². The Hall–Kier alpha value is -2.17. The van der Waals surface area contributed by atoms with Crippen LogP contribution in [0.25, 0.3) is 0 Å². The highest BCUT2D eigenvalue weighted by atomic mass is 16.5. The second-order valence-corrected chi connectivity index (χ2v) is 5.86. The van der Waals surface area contributed by atoms with Gasteiger partial charge in [0, 0.05) is 0 Å². The molecular weight excluding hydrogens is 320 g/mol. The Kier molecular flexibility index (Phi) is 10.2. The van der Waals surface area contributed by atoms with Gasteiger partial charge in [-0.1, -0.05) is 51.2 Å².